The van der Waals surface area contributed by atoms with Crippen LogP contribution < -0.4 is 10.5 Å². The standard InChI is InChI=1S/C15H22N2O4/c1-11(2)17(3)14(18)10-21-15(19)7-8-20-13-6-4-5-12(16)9-13/h4-6,9,11H,7-8,10,16H2,1-3H3. The Balaban J connectivity index is 2.24. The number of hydrogen-bond donors (Lipinski definition) is 1. The lowest BCUT2D eigenvalue weighted by Crippen LogP contribution is -2.36. The van der Waals surface area contributed by atoms with Gasteiger partial charge in [0.2, 0.25) is 0 Å². The van der Waals surface area contributed by atoms with Crippen LogP contribution in [-0.4, -0.2) is 43.1 Å². The molecule has 21 heavy (non-hydrogen) atoms. The van der Waals surface area contributed by atoms with E-state index in [1.54, 1.807) is 31.3 Å². The molecule has 0 radical (unpaired) electrons. The zero-order chi connectivity index (χ0) is 15.8. The largest absolute Gasteiger partial charge is 0.493 e. The van der Waals surface area contributed by atoms with Crippen molar-refractivity contribution < 1.29 is 19.1 Å². The molecule has 0 aliphatic heterocycles. The monoisotopic (exact) mass is 294 g/mol. The first-order chi connectivity index (χ1) is 9.90. The summed E-state index contributed by atoms with van der Waals surface area (Å²) in [6, 6.07) is 7.01. The minimum Gasteiger partial charge on any atom is -0.493 e. The predicted molar refractivity (Wildman–Crippen MR) is 79.8 cm³/mol. The van der Waals surface area contributed by atoms with Crippen LogP contribution in [0.1, 0.15) is 20.3 Å². The highest BCUT2D eigenvalue weighted by Gasteiger charge is 2.14. The van der Waals surface area contributed by atoms with Crippen molar-refractivity contribution in [3.63, 3.8) is 0 Å². The zero-order valence-electron chi connectivity index (χ0n) is 12.7. The van der Waals surface area contributed by atoms with E-state index in [0.717, 1.165) is 0 Å². The summed E-state index contributed by atoms with van der Waals surface area (Å²) in [6.45, 7) is 3.71. The Labute approximate surface area is 124 Å². The molecule has 1 amide bonds. The third kappa shape index (κ3) is 6.16. The van der Waals surface area contributed by atoms with Crippen molar-refractivity contribution in [2.45, 2.75) is 26.3 Å². The zero-order valence-corrected chi connectivity index (χ0v) is 12.7. The minimum absolute atomic E-state index is 0.0723. The molecule has 0 fully saturated rings. The molecule has 0 aromatic heterocycles. The van der Waals surface area contributed by atoms with Gasteiger partial charge < -0.3 is 20.1 Å². The molecular formula is C15H22N2O4. The Morgan fingerprint density at radius 1 is 1.33 bits per heavy atom. The normalized spacial score (nSPS) is 10.3. The Morgan fingerprint density at radius 2 is 2.05 bits per heavy atom. The first-order valence-electron chi connectivity index (χ1n) is 6.79. The molecule has 6 nitrogen and oxygen atoms in total. The van der Waals surface area contributed by atoms with E-state index < -0.39 is 5.97 Å². The van der Waals surface area contributed by atoms with E-state index in [4.69, 9.17) is 15.2 Å². The van der Waals surface area contributed by atoms with Gasteiger partial charge in [-0.1, -0.05) is 6.07 Å². The second kappa shape index (κ2) is 8.14. The lowest BCUT2D eigenvalue weighted by atomic mass is 10.3. The van der Waals surface area contributed by atoms with E-state index in [2.05, 4.69) is 0 Å². The van der Waals surface area contributed by atoms with Crippen LogP contribution in [0.25, 0.3) is 0 Å². The summed E-state index contributed by atoms with van der Waals surface area (Å²) < 4.78 is 10.3. The van der Waals surface area contributed by atoms with Crippen LogP contribution in [0.2, 0.25) is 0 Å². The number of carbonyl (C=O) groups is 2. The number of rotatable bonds is 7. The van der Waals surface area contributed by atoms with Crippen molar-refractivity contribution in [3.8, 4) is 5.75 Å². The molecule has 0 unspecified atom stereocenters. The Bertz CT molecular complexity index is 488. The van der Waals surface area contributed by atoms with Crippen LogP contribution in [0.15, 0.2) is 24.3 Å². The number of nitrogens with zero attached hydrogens (tertiary/aromatic N) is 1. The van der Waals surface area contributed by atoms with Gasteiger partial charge in [-0.15, -0.1) is 0 Å². The van der Waals surface area contributed by atoms with Crippen molar-refractivity contribution in [1.82, 2.24) is 4.90 Å². The molecule has 6 heteroatoms. The molecule has 0 bridgehead atoms. The number of amides is 1. The first kappa shape index (κ1) is 16.8. The van der Waals surface area contributed by atoms with E-state index in [1.807, 2.05) is 13.8 Å². The number of likely N-dealkylation sites (N-methyl/N-ethyl adjacent to an activating group) is 1. The Hall–Kier alpha value is -2.24. The molecular weight excluding hydrogens is 272 g/mol. The summed E-state index contributed by atoms with van der Waals surface area (Å²) in [5, 5.41) is 0. The molecule has 0 saturated heterocycles. The number of ether oxygens (including phenoxy) is 2. The SMILES string of the molecule is CC(C)N(C)C(=O)COC(=O)CCOc1cccc(N)c1. The van der Waals surface area contributed by atoms with Crippen LogP contribution >= 0.6 is 0 Å². The van der Waals surface area contributed by atoms with E-state index in [1.165, 1.54) is 4.90 Å². The lowest BCUT2D eigenvalue weighted by molar-refractivity contribution is -0.152. The van der Waals surface area contributed by atoms with Crippen LogP contribution in [0.5, 0.6) is 5.75 Å². The van der Waals surface area contributed by atoms with Gasteiger partial charge in [0, 0.05) is 24.8 Å². The minimum atomic E-state index is -0.468. The van der Waals surface area contributed by atoms with E-state index >= 15 is 0 Å². The smallest absolute Gasteiger partial charge is 0.309 e. The van der Waals surface area contributed by atoms with Crippen LogP contribution in [0.4, 0.5) is 5.69 Å². The summed E-state index contributed by atoms with van der Waals surface area (Å²) >= 11 is 0. The molecule has 2 N–H and O–H groups in total. The fraction of sp³-hybridized carbons (Fsp3) is 0.467. The van der Waals surface area contributed by atoms with Gasteiger partial charge in [0.05, 0.1) is 13.0 Å². The van der Waals surface area contributed by atoms with Gasteiger partial charge in [-0.2, -0.15) is 0 Å². The number of hydrogen-bond acceptors (Lipinski definition) is 5. The summed E-state index contributed by atoms with van der Waals surface area (Å²) in [5.41, 5.74) is 6.20. The van der Waals surface area contributed by atoms with Gasteiger partial charge in [-0.3, -0.25) is 9.59 Å². The summed E-state index contributed by atoms with van der Waals surface area (Å²) in [5.74, 6) is -0.0991. The molecule has 1 aromatic carbocycles. The number of nitrogen functional groups attached to an aromatic ring is 1. The van der Waals surface area contributed by atoms with Gasteiger partial charge >= 0.3 is 5.97 Å². The average molecular weight is 294 g/mol. The van der Waals surface area contributed by atoms with Crippen molar-refractivity contribution >= 4 is 17.6 Å². The quantitative estimate of drug-likeness (QED) is 0.608. The third-order valence-electron chi connectivity index (χ3n) is 2.96. The number of anilines is 1. The van der Waals surface area contributed by atoms with Gasteiger partial charge in [-0.25, -0.2) is 0 Å². The highest BCUT2D eigenvalue weighted by Crippen LogP contribution is 2.14. The molecule has 0 saturated carbocycles. The number of carbonyl (C=O) groups excluding carboxylic acids is 2. The lowest BCUT2D eigenvalue weighted by Gasteiger charge is -2.21. The van der Waals surface area contributed by atoms with Gasteiger partial charge in [0.1, 0.15) is 5.75 Å². The molecule has 0 aliphatic rings. The van der Waals surface area contributed by atoms with Crippen molar-refractivity contribution in [3.05, 3.63) is 24.3 Å². The third-order valence-corrected chi connectivity index (χ3v) is 2.96. The first-order valence-corrected chi connectivity index (χ1v) is 6.79. The number of nitrogens with two attached hydrogens (primary N) is 1. The maximum atomic E-state index is 11.6. The summed E-state index contributed by atoms with van der Waals surface area (Å²) in [7, 11) is 1.67. The highest BCUT2D eigenvalue weighted by atomic mass is 16.5. The molecule has 0 spiro atoms. The van der Waals surface area contributed by atoms with Crippen LogP contribution in [0.3, 0.4) is 0 Å². The van der Waals surface area contributed by atoms with Crippen molar-refractivity contribution in [2.24, 2.45) is 0 Å². The van der Waals surface area contributed by atoms with Gasteiger partial charge in [0.15, 0.2) is 6.61 Å². The van der Waals surface area contributed by atoms with Gasteiger partial charge in [-0.05, 0) is 26.0 Å². The second-order valence-electron chi connectivity index (χ2n) is 4.93. The number of esters is 1. The maximum Gasteiger partial charge on any atom is 0.309 e. The molecule has 0 atom stereocenters. The average Bonchev–Trinajstić information content (AvgIpc) is 2.44. The summed E-state index contributed by atoms with van der Waals surface area (Å²) in [4.78, 5) is 24.6. The van der Waals surface area contributed by atoms with Crippen LogP contribution in [0, 0.1) is 0 Å². The van der Waals surface area contributed by atoms with E-state index in [-0.39, 0.29) is 31.6 Å². The summed E-state index contributed by atoms with van der Waals surface area (Å²) in [6.07, 6.45) is 0.0769. The second-order valence-corrected chi connectivity index (χ2v) is 4.93. The maximum absolute atomic E-state index is 11.6. The van der Waals surface area contributed by atoms with Crippen molar-refractivity contribution in [1.29, 1.82) is 0 Å². The molecule has 0 aliphatic carbocycles. The number of benzene rings is 1. The van der Waals surface area contributed by atoms with Crippen molar-refractivity contribution in [2.75, 3.05) is 26.0 Å². The van der Waals surface area contributed by atoms with E-state index in [9.17, 15) is 9.59 Å². The fourth-order valence-corrected chi connectivity index (χ4v) is 1.46. The molecule has 1 rings (SSSR count). The molecule has 1 aromatic rings. The van der Waals surface area contributed by atoms with E-state index in [0.29, 0.717) is 11.4 Å². The molecule has 0 heterocycles. The molecule has 116 valence electrons. The predicted octanol–water partition coefficient (Wildman–Crippen LogP) is 1.45. The van der Waals surface area contributed by atoms with Crippen LogP contribution in [-0.2, 0) is 14.3 Å². The fourth-order valence-electron chi connectivity index (χ4n) is 1.46. The Kier molecular flexibility index (Phi) is 6.52. The topological polar surface area (TPSA) is 81.9 Å². The highest BCUT2D eigenvalue weighted by molar-refractivity contribution is 5.80. The Morgan fingerprint density at radius 3 is 2.67 bits per heavy atom. The van der Waals surface area contributed by atoms with Gasteiger partial charge in [0.25, 0.3) is 5.91 Å².